The maximum absolute atomic E-state index is 12.6. The highest BCUT2D eigenvalue weighted by molar-refractivity contribution is 6.22. The second-order valence-corrected chi connectivity index (χ2v) is 6.72. The molecule has 0 fully saturated rings. The van der Waals surface area contributed by atoms with E-state index in [4.69, 9.17) is 4.74 Å². The quantitative estimate of drug-likeness (QED) is 0.530. The van der Waals surface area contributed by atoms with Gasteiger partial charge in [-0.1, -0.05) is 19.4 Å². The van der Waals surface area contributed by atoms with Crippen LogP contribution in [-0.2, 0) is 9.53 Å². The largest absolute Gasteiger partial charge is 0.482 e. The van der Waals surface area contributed by atoms with Gasteiger partial charge in [0, 0.05) is 23.9 Å². The first-order chi connectivity index (χ1) is 14.4. The number of imide groups is 1. The molecule has 1 aliphatic rings. The minimum atomic E-state index is -0.519. The number of anilines is 1. The number of hydrogen-bond acceptors (Lipinski definition) is 6. The smallest absolute Gasteiger partial charge is 0.343 e. The molecule has 2 aromatic rings. The first-order valence-corrected chi connectivity index (χ1v) is 9.56. The van der Waals surface area contributed by atoms with Gasteiger partial charge in [-0.25, -0.2) is 4.79 Å². The van der Waals surface area contributed by atoms with Crippen molar-refractivity contribution >= 4 is 29.4 Å². The van der Waals surface area contributed by atoms with Gasteiger partial charge in [-0.3, -0.25) is 19.3 Å². The predicted molar refractivity (Wildman–Crippen MR) is 109 cm³/mol. The van der Waals surface area contributed by atoms with Crippen LogP contribution in [-0.4, -0.2) is 48.9 Å². The molecule has 8 nitrogen and oxygen atoms in total. The van der Waals surface area contributed by atoms with Gasteiger partial charge in [0.05, 0.1) is 18.2 Å². The molecule has 0 unspecified atom stereocenters. The van der Waals surface area contributed by atoms with Gasteiger partial charge in [0.1, 0.15) is 5.75 Å². The number of esters is 1. The normalized spacial score (nSPS) is 12.5. The Hall–Kier alpha value is -3.68. The summed E-state index contributed by atoms with van der Waals surface area (Å²) in [6.45, 7) is 2.10. The van der Waals surface area contributed by atoms with Crippen molar-refractivity contribution in [2.24, 2.45) is 0 Å². The van der Waals surface area contributed by atoms with Gasteiger partial charge < -0.3 is 14.8 Å². The average molecular weight is 410 g/mol. The number of benzene rings is 2. The van der Waals surface area contributed by atoms with Crippen LogP contribution in [0.2, 0.25) is 0 Å². The second-order valence-electron chi connectivity index (χ2n) is 6.72. The number of carbonyl (C=O) groups excluding carboxylic acids is 4. The number of hydrogen-bond donors (Lipinski definition) is 1. The highest BCUT2D eigenvalue weighted by Crippen LogP contribution is 2.25. The maximum atomic E-state index is 12.6. The van der Waals surface area contributed by atoms with Gasteiger partial charge in [0.15, 0.2) is 6.61 Å². The molecule has 0 atom stereocenters. The number of nitrogens with one attached hydrogen (secondary N) is 1. The first-order valence-electron chi connectivity index (χ1n) is 9.56. The van der Waals surface area contributed by atoms with Crippen LogP contribution >= 0.6 is 0 Å². The zero-order valence-electron chi connectivity index (χ0n) is 16.8. The van der Waals surface area contributed by atoms with Gasteiger partial charge in [-0.05, 0) is 36.8 Å². The summed E-state index contributed by atoms with van der Waals surface area (Å²) in [5.74, 6) is -1.27. The Balaban J connectivity index is 1.72. The van der Waals surface area contributed by atoms with Crippen LogP contribution in [0.3, 0.4) is 0 Å². The molecular weight excluding hydrogens is 388 g/mol. The molecular formula is C22H22N2O6. The molecule has 3 rings (SSSR count). The Morgan fingerprint density at radius 2 is 1.80 bits per heavy atom. The van der Waals surface area contributed by atoms with Crippen LogP contribution in [0.1, 0.15) is 50.8 Å². The van der Waals surface area contributed by atoms with Crippen molar-refractivity contribution in [3.63, 3.8) is 0 Å². The minimum absolute atomic E-state index is 0.235. The lowest BCUT2D eigenvalue weighted by atomic mass is 10.1. The van der Waals surface area contributed by atoms with Gasteiger partial charge >= 0.3 is 5.97 Å². The molecule has 0 radical (unpaired) electrons. The van der Waals surface area contributed by atoms with Crippen LogP contribution < -0.4 is 10.1 Å². The van der Waals surface area contributed by atoms with E-state index in [2.05, 4.69) is 10.1 Å². The summed E-state index contributed by atoms with van der Waals surface area (Å²) in [5.41, 5.74) is 1.26. The Morgan fingerprint density at radius 3 is 2.53 bits per heavy atom. The third-order valence-corrected chi connectivity index (χ3v) is 4.64. The molecule has 0 aromatic heterocycles. The average Bonchev–Trinajstić information content (AvgIpc) is 3.00. The summed E-state index contributed by atoms with van der Waals surface area (Å²) in [6, 6.07) is 11.0. The van der Waals surface area contributed by atoms with Crippen LogP contribution in [0.4, 0.5) is 5.69 Å². The van der Waals surface area contributed by atoms with E-state index in [1.54, 1.807) is 24.3 Å². The first kappa shape index (κ1) is 21.0. The van der Waals surface area contributed by atoms with E-state index in [1.807, 2.05) is 6.92 Å². The molecule has 1 aliphatic heterocycles. The van der Waals surface area contributed by atoms with Crippen molar-refractivity contribution in [1.29, 1.82) is 0 Å². The van der Waals surface area contributed by atoms with E-state index in [0.717, 1.165) is 12.8 Å². The fourth-order valence-electron chi connectivity index (χ4n) is 3.02. The standard InChI is InChI=1S/C22H22N2O6/c1-3-4-10-24-21(27)17-9-8-14(11-18(17)22(24)28)20(26)23-15-6-5-7-16(12-15)30-13-19(25)29-2/h5-9,11-12H,3-4,10,13H2,1-2H3,(H,23,26). The molecule has 0 bridgehead atoms. The maximum Gasteiger partial charge on any atom is 0.343 e. The lowest BCUT2D eigenvalue weighted by molar-refractivity contribution is -0.142. The fraction of sp³-hybridized carbons (Fsp3) is 0.273. The predicted octanol–water partition coefficient (Wildman–Crippen LogP) is 2.89. The lowest BCUT2D eigenvalue weighted by Gasteiger charge is -2.12. The molecule has 0 spiro atoms. The summed E-state index contributed by atoms with van der Waals surface area (Å²) in [7, 11) is 1.26. The van der Waals surface area contributed by atoms with Gasteiger partial charge in [-0.2, -0.15) is 0 Å². The fourth-order valence-corrected chi connectivity index (χ4v) is 3.02. The van der Waals surface area contributed by atoms with Gasteiger partial charge in [0.2, 0.25) is 0 Å². The molecule has 8 heteroatoms. The molecule has 1 heterocycles. The summed E-state index contributed by atoms with van der Waals surface area (Å²) in [4.78, 5) is 50.0. The number of ether oxygens (including phenoxy) is 2. The Kier molecular flexibility index (Phi) is 6.46. The highest BCUT2D eigenvalue weighted by atomic mass is 16.6. The summed E-state index contributed by atoms with van der Waals surface area (Å²) in [6.07, 6.45) is 1.59. The zero-order chi connectivity index (χ0) is 21.7. The SMILES string of the molecule is CCCCN1C(=O)c2ccc(C(=O)Nc3cccc(OCC(=O)OC)c3)cc2C1=O. The van der Waals surface area contributed by atoms with E-state index in [0.29, 0.717) is 23.5 Å². The van der Waals surface area contributed by atoms with Gasteiger partial charge in [-0.15, -0.1) is 0 Å². The molecule has 3 amide bonds. The van der Waals surface area contributed by atoms with E-state index in [-0.39, 0.29) is 29.5 Å². The number of carbonyl (C=O) groups is 4. The number of rotatable bonds is 8. The van der Waals surface area contributed by atoms with Crippen LogP contribution in [0.25, 0.3) is 0 Å². The second kappa shape index (κ2) is 9.21. The Bertz CT molecular complexity index is 1000. The monoisotopic (exact) mass is 410 g/mol. The van der Waals surface area contributed by atoms with Crippen molar-refractivity contribution in [3.8, 4) is 5.75 Å². The number of methoxy groups -OCH3 is 1. The highest BCUT2D eigenvalue weighted by Gasteiger charge is 2.35. The third-order valence-electron chi connectivity index (χ3n) is 4.64. The van der Waals surface area contributed by atoms with E-state index in [9.17, 15) is 19.2 Å². The van der Waals surface area contributed by atoms with Crippen LogP contribution in [0.5, 0.6) is 5.75 Å². The molecule has 156 valence electrons. The molecule has 2 aromatic carbocycles. The number of unbranched alkanes of at least 4 members (excludes halogenated alkanes) is 1. The topological polar surface area (TPSA) is 102 Å². The van der Waals surface area contributed by atoms with Crippen LogP contribution in [0.15, 0.2) is 42.5 Å². The minimum Gasteiger partial charge on any atom is -0.482 e. The van der Waals surface area contributed by atoms with Crippen molar-refractivity contribution in [3.05, 3.63) is 59.2 Å². The van der Waals surface area contributed by atoms with Crippen molar-refractivity contribution in [1.82, 2.24) is 4.90 Å². The van der Waals surface area contributed by atoms with Crippen LogP contribution in [0, 0.1) is 0 Å². The molecule has 0 saturated heterocycles. The van der Waals surface area contributed by atoms with E-state index >= 15 is 0 Å². The summed E-state index contributed by atoms with van der Waals surface area (Å²) in [5, 5.41) is 2.72. The molecule has 0 aliphatic carbocycles. The molecule has 0 saturated carbocycles. The Morgan fingerprint density at radius 1 is 1.03 bits per heavy atom. The Labute approximate surface area is 173 Å². The summed E-state index contributed by atoms with van der Waals surface area (Å²) >= 11 is 0. The van der Waals surface area contributed by atoms with E-state index in [1.165, 1.54) is 30.2 Å². The van der Waals surface area contributed by atoms with Crippen molar-refractivity contribution in [2.75, 3.05) is 25.6 Å². The van der Waals surface area contributed by atoms with Gasteiger partial charge in [0.25, 0.3) is 17.7 Å². The number of nitrogens with zero attached hydrogens (tertiary/aromatic N) is 1. The lowest BCUT2D eigenvalue weighted by Crippen LogP contribution is -2.30. The van der Waals surface area contributed by atoms with Crippen molar-refractivity contribution < 1.29 is 28.7 Å². The summed E-state index contributed by atoms with van der Waals surface area (Å²) < 4.78 is 9.82. The number of amides is 3. The number of fused-ring (bicyclic) bond motifs is 1. The zero-order valence-corrected chi connectivity index (χ0v) is 16.8. The molecule has 30 heavy (non-hydrogen) atoms. The molecule has 1 N–H and O–H groups in total. The van der Waals surface area contributed by atoms with E-state index < -0.39 is 11.9 Å². The third kappa shape index (κ3) is 4.48. The van der Waals surface area contributed by atoms with Crippen molar-refractivity contribution in [2.45, 2.75) is 19.8 Å².